The van der Waals surface area contributed by atoms with Gasteiger partial charge in [-0.2, -0.15) is 5.10 Å². The maximum absolute atomic E-state index is 11.8. The Labute approximate surface area is 116 Å². The normalized spacial score (nSPS) is 18.7. The number of nitrogens with one attached hydrogen (secondary N) is 1. The molecule has 0 saturated heterocycles. The molecule has 0 aromatic carbocycles. The van der Waals surface area contributed by atoms with E-state index >= 15 is 0 Å². The van der Waals surface area contributed by atoms with Crippen LogP contribution in [0.2, 0.25) is 0 Å². The van der Waals surface area contributed by atoms with Gasteiger partial charge in [-0.05, 0) is 26.3 Å². The molecule has 1 atom stereocenters. The minimum Gasteiger partial charge on any atom is -0.472 e. The summed E-state index contributed by atoms with van der Waals surface area (Å²) in [5.74, 6) is -0.999. The average Bonchev–Trinajstić information content (AvgIpc) is 3.00. The van der Waals surface area contributed by atoms with E-state index in [0.29, 0.717) is 18.7 Å². The van der Waals surface area contributed by atoms with E-state index in [0.717, 1.165) is 11.1 Å². The fourth-order valence-corrected chi connectivity index (χ4v) is 2.03. The predicted octanol–water partition coefficient (Wildman–Crippen LogP) is 1.63. The minimum atomic E-state index is -0.418. The van der Waals surface area contributed by atoms with Gasteiger partial charge in [-0.15, -0.1) is 0 Å². The highest BCUT2D eigenvalue weighted by Crippen LogP contribution is 2.22. The van der Waals surface area contributed by atoms with E-state index in [1.165, 1.54) is 18.6 Å². The zero-order valence-corrected chi connectivity index (χ0v) is 11.4. The van der Waals surface area contributed by atoms with Crippen LogP contribution in [0.4, 0.5) is 0 Å². The first-order valence-electron chi connectivity index (χ1n) is 6.35. The lowest BCUT2D eigenvalue weighted by molar-refractivity contribution is -0.137. The van der Waals surface area contributed by atoms with Crippen molar-refractivity contribution >= 4 is 17.6 Å². The summed E-state index contributed by atoms with van der Waals surface area (Å²) in [6.45, 7) is 3.86. The fraction of sp³-hybridized carbons (Fsp3) is 0.357. The van der Waals surface area contributed by atoms with Gasteiger partial charge in [-0.1, -0.05) is 5.57 Å². The molecule has 1 aliphatic heterocycles. The van der Waals surface area contributed by atoms with Crippen molar-refractivity contribution in [1.29, 1.82) is 0 Å². The number of hydrogen-bond acceptors (Lipinski definition) is 5. The zero-order chi connectivity index (χ0) is 14.5. The molecule has 6 heteroatoms. The molecule has 0 spiro atoms. The van der Waals surface area contributed by atoms with Crippen LogP contribution in [0.3, 0.4) is 0 Å². The number of amides is 1. The molecule has 1 amide bonds. The summed E-state index contributed by atoms with van der Waals surface area (Å²) in [5, 5.41) is 4.02. The molecule has 1 aromatic rings. The number of furan rings is 1. The zero-order valence-electron chi connectivity index (χ0n) is 11.4. The van der Waals surface area contributed by atoms with Crippen LogP contribution in [0.25, 0.3) is 0 Å². The molecule has 20 heavy (non-hydrogen) atoms. The third-order valence-electron chi connectivity index (χ3n) is 2.93. The molecular formula is C14H16N2O4. The quantitative estimate of drug-likeness (QED) is 0.654. The molecule has 106 valence electrons. The molecule has 1 N–H and O–H groups in total. The molecule has 0 aliphatic carbocycles. The monoisotopic (exact) mass is 276 g/mol. The van der Waals surface area contributed by atoms with Crippen molar-refractivity contribution in [3.8, 4) is 0 Å². The summed E-state index contributed by atoms with van der Waals surface area (Å²) in [6.07, 6.45) is 4.88. The summed E-state index contributed by atoms with van der Waals surface area (Å²) in [5.41, 5.74) is 4.61. The van der Waals surface area contributed by atoms with Gasteiger partial charge in [-0.25, -0.2) is 10.2 Å². The maximum atomic E-state index is 11.8. The Kier molecular flexibility index (Phi) is 4.34. The van der Waals surface area contributed by atoms with Gasteiger partial charge in [0.05, 0.1) is 30.8 Å². The number of nitrogens with zero attached hydrogens (tertiary/aromatic N) is 1. The van der Waals surface area contributed by atoms with Crippen molar-refractivity contribution in [2.75, 3.05) is 6.61 Å². The van der Waals surface area contributed by atoms with Crippen LogP contribution in [0.5, 0.6) is 0 Å². The lowest BCUT2D eigenvalue weighted by Crippen LogP contribution is -2.24. The van der Waals surface area contributed by atoms with Crippen LogP contribution >= 0.6 is 0 Å². The van der Waals surface area contributed by atoms with Gasteiger partial charge in [-0.3, -0.25) is 4.79 Å². The smallest absolute Gasteiger partial charge is 0.330 e. The van der Waals surface area contributed by atoms with Crippen LogP contribution in [-0.2, 0) is 14.3 Å². The van der Waals surface area contributed by atoms with Crippen molar-refractivity contribution in [1.82, 2.24) is 5.43 Å². The molecule has 1 aromatic heterocycles. The Morgan fingerprint density at radius 1 is 1.60 bits per heavy atom. The van der Waals surface area contributed by atoms with Gasteiger partial charge in [0.25, 0.3) is 0 Å². The summed E-state index contributed by atoms with van der Waals surface area (Å²) in [6, 6.07) is 1.75. The topological polar surface area (TPSA) is 80.9 Å². The largest absolute Gasteiger partial charge is 0.472 e. The van der Waals surface area contributed by atoms with Crippen molar-refractivity contribution in [2.45, 2.75) is 20.3 Å². The molecular weight excluding hydrogens is 260 g/mol. The third kappa shape index (κ3) is 3.14. The summed E-state index contributed by atoms with van der Waals surface area (Å²) >= 11 is 0. The van der Waals surface area contributed by atoms with Crippen LogP contribution in [0.1, 0.15) is 25.8 Å². The molecule has 1 aliphatic rings. The van der Waals surface area contributed by atoms with Gasteiger partial charge in [0.2, 0.25) is 5.91 Å². The van der Waals surface area contributed by atoms with Gasteiger partial charge >= 0.3 is 5.97 Å². The standard InChI is InChI=1S/C14H16N2O4/c1-3-20-12(17)7-9(2)6-11-13(15-16-14(11)18)10-4-5-19-8-10/h4-5,7-8,11H,3,6H2,1-2H3,(H,16,18). The molecule has 0 fully saturated rings. The number of esters is 1. The second-order valence-electron chi connectivity index (χ2n) is 4.48. The second-order valence-corrected chi connectivity index (χ2v) is 4.48. The first kappa shape index (κ1) is 14.0. The summed E-state index contributed by atoms with van der Waals surface area (Å²) in [7, 11) is 0. The van der Waals surface area contributed by atoms with E-state index in [4.69, 9.17) is 9.15 Å². The highest BCUT2D eigenvalue weighted by atomic mass is 16.5. The van der Waals surface area contributed by atoms with E-state index in [1.807, 2.05) is 0 Å². The number of allylic oxidation sites excluding steroid dienone is 1. The van der Waals surface area contributed by atoms with Crippen LogP contribution in [0, 0.1) is 5.92 Å². The number of carbonyl (C=O) groups is 2. The molecule has 0 bridgehead atoms. The van der Waals surface area contributed by atoms with Crippen molar-refractivity contribution < 1.29 is 18.7 Å². The highest BCUT2D eigenvalue weighted by molar-refractivity contribution is 6.16. The Bertz CT molecular complexity index is 558. The van der Waals surface area contributed by atoms with E-state index in [1.54, 1.807) is 19.9 Å². The number of hydrogen-bond donors (Lipinski definition) is 1. The molecule has 0 saturated carbocycles. The summed E-state index contributed by atoms with van der Waals surface area (Å²) in [4.78, 5) is 23.2. The molecule has 2 rings (SSSR count). The van der Waals surface area contributed by atoms with E-state index in [9.17, 15) is 9.59 Å². The number of carbonyl (C=O) groups excluding carboxylic acids is 2. The molecule has 2 heterocycles. The Hall–Kier alpha value is -2.37. The molecule has 6 nitrogen and oxygen atoms in total. The number of hydrazone groups is 1. The SMILES string of the molecule is CCOC(=O)C=C(C)CC1C(=O)NN=C1c1ccoc1. The Morgan fingerprint density at radius 2 is 2.40 bits per heavy atom. The maximum Gasteiger partial charge on any atom is 0.330 e. The van der Waals surface area contributed by atoms with Crippen molar-refractivity contribution in [2.24, 2.45) is 11.0 Å². The van der Waals surface area contributed by atoms with E-state index in [2.05, 4.69) is 10.5 Å². The Morgan fingerprint density at radius 3 is 3.05 bits per heavy atom. The minimum absolute atomic E-state index is 0.183. The Balaban J connectivity index is 2.09. The van der Waals surface area contributed by atoms with Gasteiger partial charge in [0.15, 0.2) is 0 Å². The van der Waals surface area contributed by atoms with Crippen LogP contribution < -0.4 is 5.43 Å². The molecule has 1 unspecified atom stereocenters. The lowest BCUT2D eigenvalue weighted by Gasteiger charge is -2.09. The fourth-order valence-electron chi connectivity index (χ4n) is 2.03. The predicted molar refractivity (Wildman–Crippen MR) is 71.9 cm³/mol. The number of ether oxygens (including phenoxy) is 1. The van der Waals surface area contributed by atoms with Crippen LogP contribution in [0.15, 0.2) is 39.8 Å². The van der Waals surface area contributed by atoms with Crippen molar-refractivity contribution in [3.63, 3.8) is 0 Å². The van der Waals surface area contributed by atoms with E-state index in [-0.39, 0.29) is 5.91 Å². The molecule has 0 radical (unpaired) electrons. The first-order chi connectivity index (χ1) is 9.61. The van der Waals surface area contributed by atoms with Crippen molar-refractivity contribution in [3.05, 3.63) is 35.8 Å². The van der Waals surface area contributed by atoms with E-state index < -0.39 is 11.9 Å². The van der Waals surface area contributed by atoms with Gasteiger partial charge < -0.3 is 9.15 Å². The third-order valence-corrected chi connectivity index (χ3v) is 2.93. The lowest BCUT2D eigenvalue weighted by atomic mass is 9.92. The number of rotatable bonds is 5. The average molecular weight is 276 g/mol. The second kappa shape index (κ2) is 6.18. The van der Waals surface area contributed by atoms with Gasteiger partial charge in [0.1, 0.15) is 0 Å². The first-order valence-corrected chi connectivity index (χ1v) is 6.35. The van der Waals surface area contributed by atoms with Crippen LogP contribution in [-0.4, -0.2) is 24.2 Å². The van der Waals surface area contributed by atoms with Gasteiger partial charge in [0, 0.05) is 11.6 Å². The highest BCUT2D eigenvalue weighted by Gasteiger charge is 2.31. The summed E-state index contributed by atoms with van der Waals surface area (Å²) < 4.78 is 9.85.